The highest BCUT2D eigenvalue weighted by Crippen LogP contribution is 2.14. The third-order valence-electron chi connectivity index (χ3n) is 2.64. The summed E-state index contributed by atoms with van der Waals surface area (Å²) in [5.74, 6) is 0.218. The highest BCUT2D eigenvalue weighted by atomic mass is 32.2. The average molecular weight is 281 g/mol. The minimum atomic E-state index is -3.69. The molecule has 0 amide bonds. The first kappa shape index (κ1) is 13.8. The van der Waals surface area contributed by atoms with Crippen molar-refractivity contribution < 1.29 is 17.9 Å². The molecule has 19 heavy (non-hydrogen) atoms. The molecular formula is C13H15NO4S. The van der Waals surface area contributed by atoms with Gasteiger partial charge in [0.25, 0.3) is 10.0 Å². The minimum absolute atomic E-state index is 0.191. The molecule has 0 saturated heterocycles. The third kappa shape index (κ3) is 3.44. The summed E-state index contributed by atoms with van der Waals surface area (Å²) in [6.07, 6.45) is 0. The summed E-state index contributed by atoms with van der Waals surface area (Å²) in [5.41, 5.74) is 1.98. The summed E-state index contributed by atoms with van der Waals surface area (Å²) in [6.45, 7) is 1.83. The molecule has 102 valence electrons. The quantitative estimate of drug-likeness (QED) is 0.871. The maximum absolute atomic E-state index is 11.9. The molecule has 2 rings (SSSR count). The predicted molar refractivity (Wildman–Crippen MR) is 69.8 cm³/mol. The number of hydrogen-bond donors (Lipinski definition) is 2. The highest BCUT2D eigenvalue weighted by molar-refractivity contribution is 7.89. The lowest BCUT2D eigenvalue weighted by molar-refractivity contribution is 0.236. The normalized spacial score (nSPS) is 11.7. The first-order valence-corrected chi connectivity index (χ1v) is 7.24. The van der Waals surface area contributed by atoms with Gasteiger partial charge in [0.1, 0.15) is 12.4 Å². The van der Waals surface area contributed by atoms with Crippen molar-refractivity contribution in [2.24, 2.45) is 0 Å². The Labute approximate surface area is 111 Å². The van der Waals surface area contributed by atoms with Crippen LogP contribution in [0.5, 0.6) is 0 Å². The molecule has 0 aliphatic carbocycles. The summed E-state index contributed by atoms with van der Waals surface area (Å²) < 4.78 is 31.3. The predicted octanol–water partition coefficient (Wildman–Crippen LogP) is 1.56. The zero-order chi connectivity index (χ0) is 13.9. The molecular weight excluding hydrogens is 266 g/mol. The van der Waals surface area contributed by atoms with Gasteiger partial charge in [-0.3, -0.25) is 0 Å². The maximum atomic E-state index is 11.9. The Morgan fingerprint density at radius 2 is 1.84 bits per heavy atom. The molecule has 0 radical (unpaired) electrons. The van der Waals surface area contributed by atoms with Crippen LogP contribution in [0.1, 0.15) is 16.9 Å². The lowest BCUT2D eigenvalue weighted by Crippen LogP contribution is -2.22. The van der Waals surface area contributed by atoms with Crippen molar-refractivity contribution in [1.29, 1.82) is 0 Å². The van der Waals surface area contributed by atoms with Gasteiger partial charge in [0.15, 0.2) is 0 Å². The number of hydrogen-bond acceptors (Lipinski definition) is 4. The standard InChI is InChI=1S/C13H15NO4S/c1-10-2-4-11(5-3-10)8-14-19(16,17)13-7-6-12(9-15)18-13/h2-7,14-15H,8-9H2,1H3. The second-order valence-electron chi connectivity index (χ2n) is 4.19. The summed E-state index contributed by atoms with van der Waals surface area (Å²) >= 11 is 0. The van der Waals surface area contributed by atoms with Gasteiger partial charge in [-0.15, -0.1) is 0 Å². The summed E-state index contributed by atoms with van der Waals surface area (Å²) in [6, 6.07) is 10.3. The lowest BCUT2D eigenvalue weighted by atomic mass is 10.2. The zero-order valence-electron chi connectivity index (χ0n) is 10.5. The molecule has 0 aliphatic heterocycles. The SMILES string of the molecule is Cc1ccc(CNS(=O)(=O)c2ccc(CO)o2)cc1. The molecule has 6 heteroatoms. The summed E-state index contributed by atoms with van der Waals surface area (Å²) in [5, 5.41) is 8.65. The van der Waals surface area contributed by atoms with Gasteiger partial charge in [0, 0.05) is 6.54 Å². The Kier molecular flexibility index (Phi) is 4.04. The van der Waals surface area contributed by atoms with Crippen LogP contribution in [0.4, 0.5) is 0 Å². The summed E-state index contributed by atoms with van der Waals surface area (Å²) in [7, 11) is -3.69. The fourth-order valence-corrected chi connectivity index (χ4v) is 2.51. The van der Waals surface area contributed by atoms with Crippen molar-refractivity contribution in [2.45, 2.75) is 25.2 Å². The van der Waals surface area contributed by atoms with Crippen molar-refractivity contribution in [3.63, 3.8) is 0 Å². The Balaban J connectivity index is 2.07. The second kappa shape index (κ2) is 5.56. The van der Waals surface area contributed by atoms with Crippen molar-refractivity contribution in [3.8, 4) is 0 Å². The number of benzene rings is 1. The smallest absolute Gasteiger partial charge is 0.274 e. The highest BCUT2D eigenvalue weighted by Gasteiger charge is 2.18. The first-order chi connectivity index (χ1) is 9.01. The van der Waals surface area contributed by atoms with Gasteiger partial charge in [0.2, 0.25) is 5.09 Å². The van der Waals surface area contributed by atoms with Gasteiger partial charge in [-0.1, -0.05) is 29.8 Å². The van der Waals surface area contributed by atoms with E-state index in [2.05, 4.69) is 4.72 Å². The van der Waals surface area contributed by atoms with Crippen LogP contribution in [-0.2, 0) is 23.2 Å². The zero-order valence-corrected chi connectivity index (χ0v) is 11.3. The molecule has 0 atom stereocenters. The van der Waals surface area contributed by atoms with E-state index in [0.29, 0.717) is 0 Å². The van der Waals surface area contributed by atoms with Gasteiger partial charge in [0.05, 0.1) is 0 Å². The first-order valence-electron chi connectivity index (χ1n) is 5.76. The molecule has 0 spiro atoms. The fraction of sp³-hybridized carbons (Fsp3) is 0.231. The maximum Gasteiger partial charge on any atom is 0.274 e. The number of sulfonamides is 1. The molecule has 0 saturated carbocycles. The van der Waals surface area contributed by atoms with Gasteiger partial charge in [-0.25, -0.2) is 13.1 Å². The van der Waals surface area contributed by atoms with Gasteiger partial charge >= 0.3 is 0 Å². The number of aryl methyl sites for hydroxylation is 1. The number of nitrogens with one attached hydrogen (secondary N) is 1. The Hall–Kier alpha value is -1.63. The van der Waals surface area contributed by atoms with E-state index >= 15 is 0 Å². The Bertz CT molecular complexity index is 644. The largest absolute Gasteiger partial charge is 0.446 e. The topological polar surface area (TPSA) is 79.5 Å². The molecule has 0 bridgehead atoms. The molecule has 1 aromatic heterocycles. The molecule has 2 aromatic rings. The molecule has 1 aromatic carbocycles. The number of aliphatic hydroxyl groups excluding tert-OH is 1. The van der Waals surface area contributed by atoms with E-state index in [9.17, 15) is 8.42 Å². The van der Waals surface area contributed by atoms with E-state index in [1.165, 1.54) is 12.1 Å². The fourth-order valence-electron chi connectivity index (χ4n) is 1.54. The van der Waals surface area contributed by atoms with E-state index in [1.807, 2.05) is 31.2 Å². The Morgan fingerprint density at radius 1 is 1.16 bits per heavy atom. The van der Waals surface area contributed by atoms with Crippen molar-refractivity contribution in [2.75, 3.05) is 0 Å². The van der Waals surface area contributed by atoms with E-state index in [0.717, 1.165) is 11.1 Å². The van der Waals surface area contributed by atoms with E-state index in [4.69, 9.17) is 9.52 Å². The lowest BCUT2D eigenvalue weighted by Gasteiger charge is -2.04. The molecule has 0 fully saturated rings. The van der Waals surface area contributed by atoms with Crippen LogP contribution in [0.15, 0.2) is 45.9 Å². The van der Waals surface area contributed by atoms with Crippen LogP contribution >= 0.6 is 0 Å². The average Bonchev–Trinajstić information content (AvgIpc) is 2.88. The minimum Gasteiger partial charge on any atom is -0.446 e. The molecule has 0 aliphatic rings. The second-order valence-corrected chi connectivity index (χ2v) is 5.89. The molecule has 1 heterocycles. The van der Waals surface area contributed by atoms with Crippen molar-refractivity contribution in [3.05, 3.63) is 53.3 Å². The number of rotatable bonds is 5. The van der Waals surface area contributed by atoms with Crippen molar-refractivity contribution >= 4 is 10.0 Å². The Morgan fingerprint density at radius 3 is 2.42 bits per heavy atom. The van der Waals surface area contributed by atoms with E-state index < -0.39 is 10.0 Å². The third-order valence-corrected chi connectivity index (χ3v) is 3.92. The monoisotopic (exact) mass is 281 g/mol. The molecule has 5 nitrogen and oxygen atoms in total. The number of furan rings is 1. The van der Waals surface area contributed by atoms with Gasteiger partial charge in [-0.05, 0) is 24.6 Å². The summed E-state index contributed by atoms with van der Waals surface area (Å²) in [4.78, 5) is 0. The van der Waals surface area contributed by atoms with Gasteiger partial charge in [-0.2, -0.15) is 0 Å². The molecule has 2 N–H and O–H groups in total. The van der Waals surface area contributed by atoms with Crippen molar-refractivity contribution in [1.82, 2.24) is 4.72 Å². The van der Waals surface area contributed by atoms with Crippen LogP contribution in [0.25, 0.3) is 0 Å². The van der Waals surface area contributed by atoms with Crippen LogP contribution in [-0.4, -0.2) is 13.5 Å². The van der Waals surface area contributed by atoms with Crippen LogP contribution in [0.3, 0.4) is 0 Å². The van der Waals surface area contributed by atoms with E-state index in [1.54, 1.807) is 0 Å². The van der Waals surface area contributed by atoms with Gasteiger partial charge < -0.3 is 9.52 Å². The van der Waals surface area contributed by atoms with Crippen LogP contribution in [0.2, 0.25) is 0 Å². The van der Waals surface area contributed by atoms with E-state index in [-0.39, 0.29) is 24.0 Å². The number of aliphatic hydroxyl groups is 1. The van der Waals surface area contributed by atoms with Crippen LogP contribution in [0, 0.1) is 6.92 Å². The molecule has 0 unspecified atom stereocenters. The van der Waals surface area contributed by atoms with Crippen LogP contribution < -0.4 is 4.72 Å².